The largest absolute Gasteiger partial charge is 0.507 e. The minimum atomic E-state index is -0.954. The quantitative estimate of drug-likeness (QED) is 0.572. The Bertz CT molecular complexity index is 262. The minimum Gasteiger partial charge on any atom is -0.507 e. The van der Waals surface area contributed by atoms with Crippen LogP contribution in [0.4, 0.5) is 0 Å². The van der Waals surface area contributed by atoms with Crippen molar-refractivity contribution in [2.45, 2.75) is 20.0 Å². The Hall–Kier alpha value is -1.10. The van der Waals surface area contributed by atoms with Crippen molar-refractivity contribution in [2.75, 3.05) is 13.2 Å². The van der Waals surface area contributed by atoms with E-state index in [1.165, 1.54) is 0 Å². The van der Waals surface area contributed by atoms with E-state index in [2.05, 4.69) is 0 Å². The molecule has 15 heavy (non-hydrogen) atoms. The summed E-state index contributed by atoms with van der Waals surface area (Å²) in [6, 6.07) is 5.72. The number of aliphatic hydroxyl groups excluding tert-OH is 3. The van der Waals surface area contributed by atoms with Crippen molar-refractivity contribution in [2.24, 2.45) is 0 Å². The highest BCUT2D eigenvalue weighted by molar-refractivity contribution is 5.37. The van der Waals surface area contributed by atoms with Gasteiger partial charge >= 0.3 is 0 Å². The third kappa shape index (κ3) is 5.37. The molecule has 86 valence electrons. The molecule has 0 saturated heterocycles. The van der Waals surface area contributed by atoms with Gasteiger partial charge in [0.15, 0.2) is 0 Å². The molecule has 0 spiro atoms. The van der Waals surface area contributed by atoms with Gasteiger partial charge in [-0.15, -0.1) is 0 Å². The second kappa shape index (κ2) is 7.23. The third-order valence-electron chi connectivity index (χ3n) is 1.86. The van der Waals surface area contributed by atoms with Gasteiger partial charge in [0.25, 0.3) is 0 Å². The van der Waals surface area contributed by atoms with Crippen molar-refractivity contribution in [1.82, 2.24) is 0 Å². The molecule has 0 saturated carbocycles. The number of benzene rings is 1. The van der Waals surface area contributed by atoms with Gasteiger partial charge in [-0.25, -0.2) is 0 Å². The SMILES string of the molecule is Cc1cccc(C)c1O.OCC(O)CO. The van der Waals surface area contributed by atoms with E-state index in [1.54, 1.807) is 0 Å². The molecule has 1 aromatic rings. The van der Waals surface area contributed by atoms with E-state index < -0.39 is 6.10 Å². The first-order valence-electron chi connectivity index (χ1n) is 4.67. The number of para-hydroxylation sites is 1. The number of phenolic OH excluding ortho intramolecular Hbond substituents is 1. The number of aryl methyl sites for hydroxylation is 2. The van der Waals surface area contributed by atoms with Crippen LogP contribution in [0.25, 0.3) is 0 Å². The van der Waals surface area contributed by atoms with Crippen LogP contribution in [-0.4, -0.2) is 39.7 Å². The van der Waals surface area contributed by atoms with Crippen LogP contribution in [0.2, 0.25) is 0 Å². The number of rotatable bonds is 2. The maximum absolute atomic E-state index is 9.21. The fourth-order valence-corrected chi connectivity index (χ4v) is 0.863. The van der Waals surface area contributed by atoms with Crippen molar-refractivity contribution >= 4 is 0 Å². The first kappa shape index (κ1) is 13.9. The van der Waals surface area contributed by atoms with Crippen LogP contribution in [0.3, 0.4) is 0 Å². The van der Waals surface area contributed by atoms with Crippen LogP contribution < -0.4 is 0 Å². The lowest BCUT2D eigenvalue weighted by atomic mass is 10.1. The van der Waals surface area contributed by atoms with E-state index in [0.717, 1.165) is 11.1 Å². The first-order chi connectivity index (χ1) is 7.02. The van der Waals surface area contributed by atoms with E-state index >= 15 is 0 Å². The molecule has 1 aromatic carbocycles. The van der Waals surface area contributed by atoms with E-state index in [1.807, 2.05) is 32.0 Å². The van der Waals surface area contributed by atoms with Crippen LogP contribution in [0, 0.1) is 13.8 Å². The van der Waals surface area contributed by atoms with Crippen LogP contribution in [0.1, 0.15) is 11.1 Å². The molecule has 0 aliphatic carbocycles. The van der Waals surface area contributed by atoms with Crippen LogP contribution in [-0.2, 0) is 0 Å². The van der Waals surface area contributed by atoms with E-state index in [0.29, 0.717) is 5.75 Å². The summed E-state index contributed by atoms with van der Waals surface area (Å²) in [7, 11) is 0. The summed E-state index contributed by atoms with van der Waals surface area (Å²) in [6.45, 7) is 3.05. The molecule has 0 atom stereocenters. The van der Waals surface area contributed by atoms with Gasteiger partial charge in [-0.05, 0) is 25.0 Å². The standard InChI is InChI=1S/C8H10O.C3H8O3/c1-6-4-3-5-7(2)8(6)9;4-1-3(6)2-5/h3-5,9H,1-2H3;3-6H,1-2H2. The summed E-state index contributed by atoms with van der Waals surface area (Å²) in [5.74, 6) is 0.414. The van der Waals surface area contributed by atoms with Crippen molar-refractivity contribution in [3.05, 3.63) is 29.3 Å². The molecule has 0 heterocycles. The molecule has 0 fully saturated rings. The van der Waals surface area contributed by atoms with E-state index in [9.17, 15) is 5.11 Å². The average molecular weight is 214 g/mol. The highest BCUT2D eigenvalue weighted by atomic mass is 16.3. The molecule has 0 aliphatic heterocycles. The van der Waals surface area contributed by atoms with Gasteiger partial charge in [0.2, 0.25) is 0 Å². The molecule has 1 rings (SSSR count). The fourth-order valence-electron chi connectivity index (χ4n) is 0.863. The highest BCUT2D eigenvalue weighted by Gasteiger charge is 1.95. The van der Waals surface area contributed by atoms with Crippen molar-refractivity contribution in [1.29, 1.82) is 0 Å². The molecular formula is C11H18O4. The Balaban J connectivity index is 0.000000288. The number of hydrogen-bond acceptors (Lipinski definition) is 4. The Morgan fingerprint density at radius 3 is 1.67 bits per heavy atom. The predicted octanol–water partition coefficient (Wildman–Crippen LogP) is 0.341. The summed E-state index contributed by atoms with van der Waals surface area (Å²) in [5, 5.41) is 33.2. The predicted molar refractivity (Wildman–Crippen MR) is 57.8 cm³/mol. The summed E-state index contributed by atoms with van der Waals surface area (Å²) in [4.78, 5) is 0. The zero-order chi connectivity index (χ0) is 11.8. The molecule has 4 nitrogen and oxygen atoms in total. The van der Waals surface area contributed by atoms with Gasteiger partial charge in [-0.1, -0.05) is 18.2 Å². The molecule has 0 aromatic heterocycles. The topological polar surface area (TPSA) is 80.9 Å². The molecular weight excluding hydrogens is 196 g/mol. The van der Waals surface area contributed by atoms with Gasteiger partial charge in [0.1, 0.15) is 11.9 Å². The molecule has 0 amide bonds. The second-order valence-electron chi connectivity index (χ2n) is 3.26. The smallest absolute Gasteiger partial charge is 0.121 e. The lowest BCUT2D eigenvalue weighted by Gasteiger charge is -1.99. The molecule has 4 N–H and O–H groups in total. The van der Waals surface area contributed by atoms with Crippen LogP contribution in [0.5, 0.6) is 5.75 Å². The summed E-state index contributed by atoms with van der Waals surface area (Å²) in [5.41, 5.74) is 1.88. The van der Waals surface area contributed by atoms with Gasteiger partial charge in [0.05, 0.1) is 13.2 Å². The maximum atomic E-state index is 9.21. The van der Waals surface area contributed by atoms with Crippen molar-refractivity contribution in [3.63, 3.8) is 0 Å². The Labute approximate surface area is 89.4 Å². The first-order valence-corrected chi connectivity index (χ1v) is 4.67. The number of phenols is 1. The second-order valence-corrected chi connectivity index (χ2v) is 3.26. The zero-order valence-electron chi connectivity index (χ0n) is 9.01. The Morgan fingerprint density at radius 2 is 1.47 bits per heavy atom. The third-order valence-corrected chi connectivity index (χ3v) is 1.86. The van der Waals surface area contributed by atoms with Gasteiger partial charge in [-0.3, -0.25) is 0 Å². The van der Waals surface area contributed by atoms with Gasteiger partial charge < -0.3 is 20.4 Å². The summed E-state index contributed by atoms with van der Waals surface area (Å²) in [6.07, 6.45) is -0.954. The molecule has 0 bridgehead atoms. The number of hydrogen-bond donors (Lipinski definition) is 4. The summed E-state index contributed by atoms with van der Waals surface area (Å²) >= 11 is 0. The van der Waals surface area contributed by atoms with Gasteiger partial charge in [-0.2, -0.15) is 0 Å². The Morgan fingerprint density at radius 1 is 1.07 bits per heavy atom. The monoisotopic (exact) mass is 214 g/mol. The van der Waals surface area contributed by atoms with Gasteiger partial charge in [0, 0.05) is 0 Å². The van der Waals surface area contributed by atoms with E-state index in [-0.39, 0.29) is 13.2 Å². The zero-order valence-corrected chi connectivity index (χ0v) is 9.01. The number of aromatic hydroxyl groups is 1. The summed E-state index contributed by atoms with van der Waals surface area (Å²) < 4.78 is 0. The maximum Gasteiger partial charge on any atom is 0.121 e. The molecule has 0 aliphatic rings. The van der Waals surface area contributed by atoms with Crippen LogP contribution >= 0.6 is 0 Å². The molecule has 4 heteroatoms. The highest BCUT2D eigenvalue weighted by Crippen LogP contribution is 2.19. The van der Waals surface area contributed by atoms with E-state index in [4.69, 9.17) is 15.3 Å². The Kier molecular flexibility index (Phi) is 6.70. The fraction of sp³-hybridized carbons (Fsp3) is 0.455. The average Bonchev–Trinajstić information content (AvgIpc) is 2.25. The van der Waals surface area contributed by atoms with Crippen molar-refractivity contribution < 1.29 is 20.4 Å². The lowest BCUT2D eigenvalue weighted by Crippen LogP contribution is -2.15. The van der Waals surface area contributed by atoms with Crippen molar-refractivity contribution in [3.8, 4) is 5.75 Å². The molecule has 0 unspecified atom stereocenters. The lowest BCUT2D eigenvalue weighted by molar-refractivity contribution is 0.0450. The minimum absolute atomic E-state index is 0.365. The molecule has 0 radical (unpaired) electrons. The van der Waals surface area contributed by atoms with Crippen LogP contribution in [0.15, 0.2) is 18.2 Å². The normalized spacial score (nSPS) is 9.73. The number of aliphatic hydroxyl groups is 3.